The SMILES string of the molecule is Cc1c(CCN)ccc(Cl)c1F. The van der Waals surface area contributed by atoms with E-state index in [1.54, 1.807) is 13.0 Å². The van der Waals surface area contributed by atoms with Crippen LogP contribution in [0.4, 0.5) is 4.39 Å². The molecular formula is C9H11ClFN. The summed E-state index contributed by atoms with van der Waals surface area (Å²) in [5.74, 6) is -0.331. The van der Waals surface area contributed by atoms with E-state index >= 15 is 0 Å². The molecule has 0 heterocycles. The van der Waals surface area contributed by atoms with Gasteiger partial charge in [0.1, 0.15) is 5.82 Å². The number of hydrogen-bond acceptors (Lipinski definition) is 1. The molecule has 3 heteroatoms. The Hall–Kier alpha value is -0.600. The zero-order valence-corrected chi connectivity index (χ0v) is 7.66. The lowest BCUT2D eigenvalue weighted by atomic mass is 10.1. The lowest BCUT2D eigenvalue weighted by molar-refractivity contribution is 0.615. The first kappa shape index (κ1) is 9.49. The van der Waals surface area contributed by atoms with Crippen molar-refractivity contribution >= 4 is 11.6 Å². The number of benzene rings is 1. The van der Waals surface area contributed by atoms with Gasteiger partial charge in [-0.25, -0.2) is 4.39 Å². The van der Waals surface area contributed by atoms with Crippen molar-refractivity contribution in [3.63, 3.8) is 0 Å². The van der Waals surface area contributed by atoms with Crippen LogP contribution in [0.15, 0.2) is 12.1 Å². The molecule has 12 heavy (non-hydrogen) atoms. The summed E-state index contributed by atoms with van der Waals surface area (Å²) in [7, 11) is 0. The van der Waals surface area contributed by atoms with Gasteiger partial charge in [0.05, 0.1) is 5.02 Å². The largest absolute Gasteiger partial charge is 0.330 e. The highest BCUT2D eigenvalue weighted by Gasteiger charge is 2.06. The van der Waals surface area contributed by atoms with Crippen LogP contribution in [-0.4, -0.2) is 6.54 Å². The fourth-order valence-corrected chi connectivity index (χ4v) is 1.32. The molecule has 1 aromatic rings. The minimum atomic E-state index is -0.331. The maximum atomic E-state index is 13.1. The minimum Gasteiger partial charge on any atom is -0.330 e. The Morgan fingerprint density at radius 2 is 2.17 bits per heavy atom. The zero-order chi connectivity index (χ0) is 9.14. The Morgan fingerprint density at radius 1 is 1.50 bits per heavy atom. The van der Waals surface area contributed by atoms with Crippen LogP contribution in [0.2, 0.25) is 5.02 Å². The monoisotopic (exact) mass is 187 g/mol. The smallest absolute Gasteiger partial charge is 0.144 e. The van der Waals surface area contributed by atoms with Gasteiger partial charge in [0, 0.05) is 0 Å². The zero-order valence-electron chi connectivity index (χ0n) is 6.90. The molecule has 1 nitrogen and oxygen atoms in total. The maximum Gasteiger partial charge on any atom is 0.144 e. The van der Waals surface area contributed by atoms with Crippen molar-refractivity contribution in [1.29, 1.82) is 0 Å². The van der Waals surface area contributed by atoms with Gasteiger partial charge in [-0.05, 0) is 37.1 Å². The third-order valence-electron chi connectivity index (χ3n) is 1.87. The topological polar surface area (TPSA) is 26.0 Å². The predicted molar refractivity (Wildman–Crippen MR) is 48.9 cm³/mol. The standard InChI is InChI=1S/C9H11ClFN/c1-6-7(4-5-12)2-3-8(10)9(6)11/h2-3H,4-5,12H2,1H3. The third kappa shape index (κ3) is 1.76. The average molecular weight is 188 g/mol. The first-order chi connectivity index (χ1) is 5.66. The molecular weight excluding hydrogens is 177 g/mol. The predicted octanol–water partition coefficient (Wildman–Crippen LogP) is 2.29. The summed E-state index contributed by atoms with van der Waals surface area (Å²) in [5.41, 5.74) is 6.90. The fraction of sp³-hybridized carbons (Fsp3) is 0.333. The number of nitrogens with two attached hydrogens (primary N) is 1. The van der Waals surface area contributed by atoms with Crippen molar-refractivity contribution in [2.75, 3.05) is 6.54 Å². The van der Waals surface area contributed by atoms with E-state index in [1.807, 2.05) is 6.07 Å². The van der Waals surface area contributed by atoms with E-state index in [-0.39, 0.29) is 10.8 Å². The van der Waals surface area contributed by atoms with Gasteiger partial charge in [0.15, 0.2) is 0 Å². The van der Waals surface area contributed by atoms with Crippen LogP contribution in [-0.2, 0) is 6.42 Å². The molecule has 0 aliphatic heterocycles. The van der Waals surface area contributed by atoms with Crippen LogP contribution >= 0.6 is 11.6 Å². The van der Waals surface area contributed by atoms with Gasteiger partial charge in [0.2, 0.25) is 0 Å². The van der Waals surface area contributed by atoms with Crippen LogP contribution in [0, 0.1) is 12.7 Å². The lowest BCUT2D eigenvalue weighted by Crippen LogP contribution is -2.05. The van der Waals surface area contributed by atoms with Crippen molar-refractivity contribution in [1.82, 2.24) is 0 Å². The number of halogens is 2. The average Bonchev–Trinajstić information content (AvgIpc) is 2.07. The van der Waals surface area contributed by atoms with Crippen LogP contribution < -0.4 is 5.73 Å². The summed E-state index contributed by atoms with van der Waals surface area (Å²) in [6.45, 7) is 2.24. The molecule has 0 saturated carbocycles. The second-order valence-electron chi connectivity index (χ2n) is 2.68. The summed E-state index contributed by atoms with van der Waals surface area (Å²) >= 11 is 5.58. The Morgan fingerprint density at radius 3 is 2.75 bits per heavy atom. The Labute approximate surface area is 76.3 Å². The van der Waals surface area contributed by atoms with Gasteiger partial charge in [-0.1, -0.05) is 17.7 Å². The van der Waals surface area contributed by atoms with Crippen molar-refractivity contribution in [3.8, 4) is 0 Å². The lowest BCUT2D eigenvalue weighted by Gasteiger charge is -2.05. The molecule has 0 aliphatic carbocycles. The molecule has 0 atom stereocenters. The van der Waals surface area contributed by atoms with Gasteiger partial charge in [-0.2, -0.15) is 0 Å². The van der Waals surface area contributed by atoms with E-state index in [9.17, 15) is 4.39 Å². The minimum absolute atomic E-state index is 0.174. The van der Waals surface area contributed by atoms with E-state index in [0.29, 0.717) is 18.5 Å². The molecule has 0 amide bonds. The van der Waals surface area contributed by atoms with E-state index in [1.165, 1.54) is 0 Å². The number of hydrogen-bond donors (Lipinski definition) is 1. The molecule has 2 N–H and O–H groups in total. The van der Waals surface area contributed by atoms with E-state index in [0.717, 1.165) is 5.56 Å². The molecule has 0 radical (unpaired) electrons. The molecule has 0 unspecified atom stereocenters. The second-order valence-corrected chi connectivity index (χ2v) is 3.09. The highest BCUT2D eigenvalue weighted by Crippen LogP contribution is 2.20. The molecule has 0 aliphatic rings. The van der Waals surface area contributed by atoms with Gasteiger partial charge in [-0.3, -0.25) is 0 Å². The van der Waals surface area contributed by atoms with Gasteiger partial charge >= 0.3 is 0 Å². The van der Waals surface area contributed by atoms with Crippen molar-refractivity contribution in [2.24, 2.45) is 5.73 Å². The molecule has 0 fully saturated rings. The van der Waals surface area contributed by atoms with Crippen molar-refractivity contribution in [3.05, 3.63) is 34.1 Å². The van der Waals surface area contributed by atoms with E-state index < -0.39 is 0 Å². The molecule has 0 saturated heterocycles. The maximum absolute atomic E-state index is 13.1. The van der Waals surface area contributed by atoms with E-state index in [4.69, 9.17) is 17.3 Å². The van der Waals surface area contributed by atoms with Crippen LogP contribution in [0.3, 0.4) is 0 Å². The fourth-order valence-electron chi connectivity index (χ4n) is 1.12. The van der Waals surface area contributed by atoms with Crippen molar-refractivity contribution < 1.29 is 4.39 Å². The highest BCUT2D eigenvalue weighted by atomic mass is 35.5. The Kier molecular flexibility index (Phi) is 3.06. The highest BCUT2D eigenvalue weighted by molar-refractivity contribution is 6.30. The molecule has 0 aromatic heterocycles. The van der Waals surface area contributed by atoms with Gasteiger partial charge in [-0.15, -0.1) is 0 Å². The van der Waals surface area contributed by atoms with Crippen molar-refractivity contribution in [2.45, 2.75) is 13.3 Å². The van der Waals surface area contributed by atoms with Crippen LogP contribution in [0.1, 0.15) is 11.1 Å². The van der Waals surface area contributed by atoms with Crippen LogP contribution in [0.5, 0.6) is 0 Å². The molecule has 1 rings (SSSR count). The molecule has 0 bridgehead atoms. The Balaban J connectivity index is 3.08. The second kappa shape index (κ2) is 3.87. The van der Waals surface area contributed by atoms with Gasteiger partial charge in [0.25, 0.3) is 0 Å². The summed E-state index contributed by atoms with van der Waals surface area (Å²) in [4.78, 5) is 0. The summed E-state index contributed by atoms with van der Waals surface area (Å²) < 4.78 is 13.1. The first-order valence-corrected chi connectivity index (χ1v) is 4.18. The summed E-state index contributed by atoms with van der Waals surface area (Å²) in [6, 6.07) is 3.38. The quantitative estimate of drug-likeness (QED) is 0.756. The van der Waals surface area contributed by atoms with Crippen LogP contribution in [0.25, 0.3) is 0 Å². The normalized spacial score (nSPS) is 10.3. The summed E-state index contributed by atoms with van der Waals surface area (Å²) in [5, 5.41) is 0.174. The summed E-state index contributed by atoms with van der Waals surface area (Å²) in [6.07, 6.45) is 0.694. The molecule has 66 valence electrons. The molecule has 0 spiro atoms. The van der Waals surface area contributed by atoms with Gasteiger partial charge < -0.3 is 5.73 Å². The third-order valence-corrected chi connectivity index (χ3v) is 2.16. The molecule has 1 aromatic carbocycles. The number of rotatable bonds is 2. The Bertz CT molecular complexity index is 286. The first-order valence-electron chi connectivity index (χ1n) is 3.80. The van der Waals surface area contributed by atoms with E-state index in [2.05, 4.69) is 0 Å².